The molecule has 0 saturated heterocycles. The molecule has 3 N–H and O–H groups in total. The second-order valence-corrected chi connectivity index (χ2v) is 5.66. The van der Waals surface area contributed by atoms with Crippen LogP contribution in [0.5, 0.6) is 5.75 Å². The number of aryl methyl sites for hydroxylation is 1. The lowest BCUT2D eigenvalue weighted by Gasteiger charge is -2.28. The number of carbonyl (C=O) groups excluding carboxylic acids is 1. The number of hydrogen-bond acceptors (Lipinski definition) is 3. The van der Waals surface area contributed by atoms with Gasteiger partial charge in [-0.15, -0.1) is 0 Å². The molecule has 1 aliphatic rings. The van der Waals surface area contributed by atoms with Gasteiger partial charge in [0.15, 0.2) is 0 Å². The van der Waals surface area contributed by atoms with Gasteiger partial charge in [-0.25, -0.2) is 0 Å². The highest BCUT2D eigenvalue weighted by Crippen LogP contribution is 2.28. The SMILES string of the molecule is COc1cc(C)ccc1NC(=O)CC1CCCCC1N. The van der Waals surface area contributed by atoms with Crippen molar-refractivity contribution in [1.29, 1.82) is 0 Å². The second-order valence-electron chi connectivity index (χ2n) is 5.66. The fraction of sp³-hybridized carbons (Fsp3) is 0.562. The van der Waals surface area contributed by atoms with Gasteiger partial charge >= 0.3 is 0 Å². The molecule has 2 rings (SSSR count). The lowest BCUT2D eigenvalue weighted by Crippen LogP contribution is -2.35. The van der Waals surface area contributed by atoms with Crippen LogP contribution in [0.15, 0.2) is 18.2 Å². The van der Waals surface area contributed by atoms with Crippen molar-refractivity contribution in [3.63, 3.8) is 0 Å². The molecule has 1 aliphatic carbocycles. The van der Waals surface area contributed by atoms with Crippen LogP contribution >= 0.6 is 0 Å². The molecule has 20 heavy (non-hydrogen) atoms. The van der Waals surface area contributed by atoms with E-state index < -0.39 is 0 Å². The van der Waals surface area contributed by atoms with Crippen molar-refractivity contribution in [1.82, 2.24) is 0 Å². The molecule has 4 heteroatoms. The molecule has 2 unspecified atom stereocenters. The van der Waals surface area contributed by atoms with Crippen LogP contribution in [0.25, 0.3) is 0 Å². The van der Waals surface area contributed by atoms with Crippen LogP contribution in [-0.4, -0.2) is 19.1 Å². The van der Waals surface area contributed by atoms with Crippen molar-refractivity contribution in [3.05, 3.63) is 23.8 Å². The van der Waals surface area contributed by atoms with E-state index in [2.05, 4.69) is 5.32 Å². The normalized spacial score (nSPS) is 22.4. The van der Waals surface area contributed by atoms with Gasteiger partial charge in [-0.2, -0.15) is 0 Å². The van der Waals surface area contributed by atoms with Crippen LogP contribution in [-0.2, 0) is 4.79 Å². The lowest BCUT2D eigenvalue weighted by molar-refractivity contribution is -0.117. The Kier molecular flexibility index (Phi) is 5.01. The number of nitrogens with one attached hydrogen (secondary N) is 1. The Morgan fingerprint density at radius 3 is 2.85 bits per heavy atom. The number of methoxy groups -OCH3 is 1. The number of amides is 1. The predicted molar refractivity (Wildman–Crippen MR) is 80.9 cm³/mol. The van der Waals surface area contributed by atoms with Crippen LogP contribution < -0.4 is 15.8 Å². The Morgan fingerprint density at radius 2 is 2.15 bits per heavy atom. The summed E-state index contributed by atoms with van der Waals surface area (Å²) in [6.07, 6.45) is 4.95. The average molecular weight is 276 g/mol. The molecule has 0 radical (unpaired) electrons. The van der Waals surface area contributed by atoms with Gasteiger partial charge in [0, 0.05) is 12.5 Å². The van der Waals surface area contributed by atoms with Crippen LogP contribution in [0.3, 0.4) is 0 Å². The fourth-order valence-electron chi connectivity index (χ4n) is 2.83. The summed E-state index contributed by atoms with van der Waals surface area (Å²) in [6, 6.07) is 5.92. The van der Waals surface area contributed by atoms with Crippen molar-refractivity contribution < 1.29 is 9.53 Å². The standard InChI is InChI=1S/C16H24N2O2/c1-11-7-8-14(15(9-11)20-2)18-16(19)10-12-5-3-4-6-13(12)17/h7-9,12-13H,3-6,10,17H2,1-2H3,(H,18,19). The second kappa shape index (κ2) is 6.75. The van der Waals surface area contributed by atoms with Crippen LogP contribution in [0.4, 0.5) is 5.69 Å². The van der Waals surface area contributed by atoms with E-state index in [9.17, 15) is 4.79 Å². The summed E-state index contributed by atoms with van der Waals surface area (Å²) in [7, 11) is 1.61. The Morgan fingerprint density at radius 1 is 1.40 bits per heavy atom. The molecule has 0 heterocycles. The highest BCUT2D eigenvalue weighted by molar-refractivity contribution is 5.92. The van der Waals surface area contributed by atoms with Crippen molar-refractivity contribution in [2.75, 3.05) is 12.4 Å². The predicted octanol–water partition coefficient (Wildman–Crippen LogP) is 2.85. The summed E-state index contributed by atoms with van der Waals surface area (Å²) in [6.45, 7) is 2.00. The van der Waals surface area contributed by atoms with E-state index in [-0.39, 0.29) is 11.9 Å². The summed E-state index contributed by atoms with van der Waals surface area (Å²) in [5, 5.41) is 2.94. The zero-order chi connectivity index (χ0) is 14.5. The number of ether oxygens (including phenoxy) is 1. The van der Waals surface area contributed by atoms with Crippen molar-refractivity contribution in [3.8, 4) is 5.75 Å². The monoisotopic (exact) mass is 276 g/mol. The van der Waals surface area contributed by atoms with E-state index >= 15 is 0 Å². The molecule has 1 aromatic carbocycles. The molecule has 1 fully saturated rings. The Bertz CT molecular complexity index is 474. The zero-order valence-electron chi connectivity index (χ0n) is 12.3. The van der Waals surface area contributed by atoms with E-state index in [1.807, 2.05) is 25.1 Å². The number of nitrogens with two attached hydrogens (primary N) is 1. The molecule has 0 bridgehead atoms. The number of hydrogen-bond donors (Lipinski definition) is 2. The van der Waals surface area contributed by atoms with Crippen molar-refractivity contribution in [2.24, 2.45) is 11.7 Å². The highest BCUT2D eigenvalue weighted by atomic mass is 16.5. The molecule has 2 atom stereocenters. The van der Waals surface area contributed by atoms with Gasteiger partial charge in [-0.1, -0.05) is 18.9 Å². The molecule has 4 nitrogen and oxygen atoms in total. The van der Waals surface area contributed by atoms with Gasteiger partial charge in [0.1, 0.15) is 5.75 Å². The first-order valence-corrected chi connectivity index (χ1v) is 7.30. The third-order valence-corrected chi connectivity index (χ3v) is 4.05. The smallest absolute Gasteiger partial charge is 0.224 e. The van der Waals surface area contributed by atoms with Gasteiger partial charge < -0.3 is 15.8 Å². The molecule has 0 spiro atoms. The maximum atomic E-state index is 12.2. The minimum atomic E-state index is 0.0227. The van der Waals surface area contributed by atoms with Crippen LogP contribution in [0.1, 0.15) is 37.7 Å². The molecule has 1 amide bonds. The van der Waals surface area contributed by atoms with Gasteiger partial charge in [-0.3, -0.25) is 4.79 Å². The largest absolute Gasteiger partial charge is 0.495 e. The third-order valence-electron chi connectivity index (χ3n) is 4.05. The maximum absolute atomic E-state index is 12.2. The summed E-state index contributed by atoms with van der Waals surface area (Å²) in [5.74, 6) is 1.03. The van der Waals surface area contributed by atoms with E-state index in [0.29, 0.717) is 18.1 Å². The topological polar surface area (TPSA) is 64.3 Å². The van der Waals surface area contributed by atoms with E-state index in [1.165, 1.54) is 12.8 Å². The van der Waals surface area contributed by atoms with Gasteiger partial charge in [-0.05, 0) is 43.4 Å². The molecule has 0 aliphatic heterocycles. The summed E-state index contributed by atoms with van der Waals surface area (Å²) >= 11 is 0. The van der Waals surface area contributed by atoms with Crippen molar-refractivity contribution in [2.45, 2.75) is 45.1 Å². The van der Waals surface area contributed by atoms with Crippen LogP contribution in [0, 0.1) is 12.8 Å². The third kappa shape index (κ3) is 3.73. The Hall–Kier alpha value is -1.55. The Labute approximate surface area is 120 Å². The number of benzene rings is 1. The summed E-state index contributed by atoms with van der Waals surface area (Å²) < 4.78 is 5.30. The summed E-state index contributed by atoms with van der Waals surface area (Å²) in [5.41, 5.74) is 7.93. The first-order chi connectivity index (χ1) is 9.60. The van der Waals surface area contributed by atoms with E-state index in [1.54, 1.807) is 7.11 Å². The number of rotatable bonds is 4. The van der Waals surface area contributed by atoms with Crippen LogP contribution in [0.2, 0.25) is 0 Å². The highest BCUT2D eigenvalue weighted by Gasteiger charge is 2.24. The van der Waals surface area contributed by atoms with Gasteiger partial charge in [0.25, 0.3) is 0 Å². The fourth-order valence-corrected chi connectivity index (χ4v) is 2.83. The zero-order valence-corrected chi connectivity index (χ0v) is 12.3. The number of carbonyl (C=O) groups is 1. The lowest BCUT2D eigenvalue weighted by atomic mass is 9.83. The summed E-state index contributed by atoms with van der Waals surface area (Å²) in [4.78, 5) is 12.2. The van der Waals surface area contributed by atoms with Gasteiger partial charge in [0.05, 0.1) is 12.8 Å². The molecule has 1 aromatic rings. The molecule has 1 saturated carbocycles. The Balaban J connectivity index is 1.97. The molecule has 110 valence electrons. The molecular weight excluding hydrogens is 252 g/mol. The molecular formula is C16H24N2O2. The minimum absolute atomic E-state index is 0.0227. The van der Waals surface area contributed by atoms with E-state index in [4.69, 9.17) is 10.5 Å². The first kappa shape index (κ1) is 14.9. The minimum Gasteiger partial charge on any atom is -0.495 e. The quantitative estimate of drug-likeness (QED) is 0.888. The average Bonchev–Trinajstić information content (AvgIpc) is 2.43. The van der Waals surface area contributed by atoms with E-state index in [0.717, 1.165) is 24.1 Å². The van der Waals surface area contributed by atoms with Crippen molar-refractivity contribution >= 4 is 11.6 Å². The van der Waals surface area contributed by atoms with Gasteiger partial charge in [0.2, 0.25) is 5.91 Å². The number of anilines is 1. The first-order valence-electron chi connectivity index (χ1n) is 7.30. The maximum Gasteiger partial charge on any atom is 0.224 e. The molecule has 0 aromatic heterocycles.